The van der Waals surface area contributed by atoms with Crippen molar-refractivity contribution >= 4 is 27.3 Å². The van der Waals surface area contributed by atoms with Crippen LogP contribution in [0.2, 0.25) is 0 Å². The Bertz CT molecular complexity index is 372. The maximum absolute atomic E-state index is 3.79. The molecule has 1 saturated heterocycles. The maximum atomic E-state index is 3.79. The summed E-state index contributed by atoms with van der Waals surface area (Å²) < 4.78 is 1.25. The number of nitrogens with one attached hydrogen (secondary N) is 1. The summed E-state index contributed by atoms with van der Waals surface area (Å²) >= 11 is 5.47. The molecule has 1 aliphatic rings. The number of rotatable bonds is 6. The van der Waals surface area contributed by atoms with E-state index in [2.05, 4.69) is 51.4 Å². The molecule has 0 aliphatic carbocycles. The lowest BCUT2D eigenvalue weighted by Gasteiger charge is -2.33. The standard InChI is InChI=1S/C15H25BrN2S/c1-3-4-8-18-9-5-13(6-10-18)17-12(2)15-14(16)7-11-19-15/h7,11-13,17H,3-6,8-10H2,1-2H3. The Balaban J connectivity index is 1.75. The van der Waals surface area contributed by atoms with Gasteiger partial charge < -0.3 is 10.2 Å². The monoisotopic (exact) mass is 344 g/mol. The van der Waals surface area contributed by atoms with Gasteiger partial charge in [0.15, 0.2) is 0 Å². The predicted octanol–water partition coefficient (Wildman–Crippen LogP) is 4.43. The zero-order chi connectivity index (χ0) is 13.7. The molecule has 19 heavy (non-hydrogen) atoms. The van der Waals surface area contributed by atoms with E-state index in [1.54, 1.807) is 0 Å². The summed E-state index contributed by atoms with van der Waals surface area (Å²) in [5, 5.41) is 5.95. The normalized spacial score (nSPS) is 19.7. The molecule has 1 N–H and O–H groups in total. The lowest BCUT2D eigenvalue weighted by atomic mass is 10.0. The van der Waals surface area contributed by atoms with Gasteiger partial charge in [0, 0.05) is 21.4 Å². The van der Waals surface area contributed by atoms with Crippen molar-refractivity contribution in [3.63, 3.8) is 0 Å². The van der Waals surface area contributed by atoms with Crippen molar-refractivity contribution in [2.45, 2.75) is 51.6 Å². The van der Waals surface area contributed by atoms with Gasteiger partial charge in [-0.05, 0) is 73.2 Å². The van der Waals surface area contributed by atoms with E-state index < -0.39 is 0 Å². The Labute approximate surface area is 129 Å². The molecule has 0 aromatic carbocycles. The molecule has 1 unspecified atom stereocenters. The largest absolute Gasteiger partial charge is 0.307 e. The lowest BCUT2D eigenvalue weighted by molar-refractivity contribution is 0.190. The summed E-state index contributed by atoms with van der Waals surface area (Å²) in [6, 6.07) is 3.29. The predicted molar refractivity (Wildman–Crippen MR) is 87.9 cm³/mol. The molecule has 2 rings (SSSR count). The second-order valence-corrected chi connectivity index (χ2v) is 7.29. The van der Waals surface area contributed by atoms with E-state index in [1.165, 1.54) is 54.7 Å². The van der Waals surface area contributed by atoms with Crippen molar-refractivity contribution < 1.29 is 0 Å². The van der Waals surface area contributed by atoms with E-state index in [1.807, 2.05) is 11.3 Å². The molecule has 1 fully saturated rings. The zero-order valence-corrected chi connectivity index (χ0v) is 14.4. The first-order valence-electron chi connectivity index (χ1n) is 7.42. The van der Waals surface area contributed by atoms with Crippen LogP contribution in [0.3, 0.4) is 0 Å². The fourth-order valence-electron chi connectivity index (χ4n) is 2.75. The van der Waals surface area contributed by atoms with Crippen molar-refractivity contribution in [1.82, 2.24) is 10.2 Å². The van der Waals surface area contributed by atoms with E-state index in [0.29, 0.717) is 12.1 Å². The van der Waals surface area contributed by atoms with Crippen LogP contribution in [0, 0.1) is 0 Å². The van der Waals surface area contributed by atoms with Crippen molar-refractivity contribution in [3.8, 4) is 0 Å². The molecule has 108 valence electrons. The molecule has 1 aromatic heterocycles. The highest BCUT2D eigenvalue weighted by molar-refractivity contribution is 9.10. The third kappa shape index (κ3) is 4.55. The highest BCUT2D eigenvalue weighted by Crippen LogP contribution is 2.29. The maximum Gasteiger partial charge on any atom is 0.0399 e. The van der Waals surface area contributed by atoms with Crippen LogP contribution < -0.4 is 5.32 Å². The molecule has 1 aliphatic heterocycles. The summed E-state index contributed by atoms with van der Waals surface area (Å²) in [4.78, 5) is 4.04. The topological polar surface area (TPSA) is 15.3 Å². The van der Waals surface area contributed by atoms with Gasteiger partial charge in [-0.1, -0.05) is 13.3 Å². The van der Waals surface area contributed by atoms with Crippen molar-refractivity contribution in [1.29, 1.82) is 0 Å². The Morgan fingerprint density at radius 2 is 2.21 bits per heavy atom. The fourth-order valence-corrected chi connectivity index (χ4v) is 4.48. The molecule has 4 heteroatoms. The molecule has 0 bridgehead atoms. The number of nitrogens with zero attached hydrogens (tertiary/aromatic N) is 1. The van der Waals surface area contributed by atoms with Crippen LogP contribution in [0.15, 0.2) is 15.9 Å². The number of thiophene rings is 1. The molecule has 0 amide bonds. The average Bonchev–Trinajstić information content (AvgIpc) is 2.84. The number of hydrogen-bond donors (Lipinski definition) is 1. The van der Waals surface area contributed by atoms with E-state index in [4.69, 9.17) is 0 Å². The number of piperidine rings is 1. The fraction of sp³-hybridized carbons (Fsp3) is 0.733. The van der Waals surface area contributed by atoms with Gasteiger partial charge in [-0.2, -0.15) is 0 Å². The Morgan fingerprint density at radius 1 is 1.47 bits per heavy atom. The molecular formula is C15H25BrN2S. The van der Waals surface area contributed by atoms with Crippen LogP contribution >= 0.6 is 27.3 Å². The van der Waals surface area contributed by atoms with E-state index in [9.17, 15) is 0 Å². The number of halogens is 1. The minimum Gasteiger partial charge on any atom is -0.307 e. The second kappa shape index (κ2) is 7.77. The number of likely N-dealkylation sites (tertiary alicyclic amines) is 1. The summed E-state index contributed by atoms with van der Waals surface area (Å²) in [5.74, 6) is 0. The smallest absolute Gasteiger partial charge is 0.0399 e. The van der Waals surface area contributed by atoms with Crippen molar-refractivity contribution in [2.75, 3.05) is 19.6 Å². The van der Waals surface area contributed by atoms with Crippen molar-refractivity contribution in [3.05, 3.63) is 20.8 Å². The van der Waals surface area contributed by atoms with Crippen LogP contribution in [-0.2, 0) is 0 Å². The van der Waals surface area contributed by atoms with Crippen molar-refractivity contribution in [2.24, 2.45) is 0 Å². The van der Waals surface area contributed by atoms with Gasteiger partial charge in [-0.25, -0.2) is 0 Å². The van der Waals surface area contributed by atoms with Gasteiger partial charge >= 0.3 is 0 Å². The molecule has 2 nitrogen and oxygen atoms in total. The highest BCUT2D eigenvalue weighted by atomic mass is 79.9. The van der Waals surface area contributed by atoms with Crippen LogP contribution in [0.25, 0.3) is 0 Å². The highest BCUT2D eigenvalue weighted by Gasteiger charge is 2.21. The van der Waals surface area contributed by atoms with Crippen LogP contribution in [0.4, 0.5) is 0 Å². The third-order valence-corrected chi connectivity index (χ3v) is 5.99. The van der Waals surface area contributed by atoms with Gasteiger partial charge in [0.25, 0.3) is 0 Å². The number of unbranched alkanes of at least 4 members (excludes halogenated alkanes) is 1. The molecule has 1 aromatic rings. The molecule has 0 saturated carbocycles. The van der Waals surface area contributed by atoms with Crippen LogP contribution in [0.5, 0.6) is 0 Å². The summed E-state index contributed by atoms with van der Waals surface area (Å²) in [7, 11) is 0. The van der Waals surface area contributed by atoms with Gasteiger partial charge in [-0.15, -0.1) is 11.3 Å². The molecule has 0 spiro atoms. The Morgan fingerprint density at radius 3 is 2.79 bits per heavy atom. The molecule has 0 radical (unpaired) electrons. The second-order valence-electron chi connectivity index (χ2n) is 5.49. The average molecular weight is 345 g/mol. The third-order valence-electron chi connectivity index (χ3n) is 3.94. The summed E-state index contributed by atoms with van der Waals surface area (Å²) in [5.41, 5.74) is 0. The first kappa shape index (κ1) is 15.5. The SMILES string of the molecule is CCCCN1CCC(NC(C)c2sccc2Br)CC1. The van der Waals surface area contributed by atoms with Crippen LogP contribution in [-0.4, -0.2) is 30.6 Å². The van der Waals surface area contributed by atoms with Crippen LogP contribution in [0.1, 0.15) is 50.4 Å². The Hall–Kier alpha value is 0.100. The lowest BCUT2D eigenvalue weighted by Crippen LogP contribution is -2.43. The van der Waals surface area contributed by atoms with Gasteiger partial charge in [0.2, 0.25) is 0 Å². The van der Waals surface area contributed by atoms with E-state index in [-0.39, 0.29) is 0 Å². The minimum absolute atomic E-state index is 0.460. The van der Waals surface area contributed by atoms with Gasteiger partial charge in [0.1, 0.15) is 0 Å². The first-order chi connectivity index (χ1) is 9.20. The number of hydrogen-bond acceptors (Lipinski definition) is 3. The van der Waals surface area contributed by atoms with Gasteiger partial charge in [-0.3, -0.25) is 0 Å². The first-order valence-corrected chi connectivity index (χ1v) is 9.09. The van der Waals surface area contributed by atoms with E-state index >= 15 is 0 Å². The quantitative estimate of drug-likeness (QED) is 0.821. The summed E-state index contributed by atoms with van der Waals surface area (Å²) in [6.45, 7) is 8.36. The molecule has 2 heterocycles. The summed E-state index contributed by atoms with van der Waals surface area (Å²) in [6.07, 6.45) is 5.23. The Kier molecular flexibility index (Phi) is 6.33. The van der Waals surface area contributed by atoms with E-state index in [0.717, 1.165) is 0 Å². The molecule has 1 atom stereocenters. The minimum atomic E-state index is 0.460. The zero-order valence-electron chi connectivity index (χ0n) is 12.0. The van der Waals surface area contributed by atoms with Gasteiger partial charge in [0.05, 0.1) is 0 Å². The molecular weight excluding hydrogens is 320 g/mol.